The lowest BCUT2D eigenvalue weighted by Crippen LogP contribution is -2.19. The van der Waals surface area contributed by atoms with Crippen LogP contribution in [0.5, 0.6) is 0 Å². The maximum atomic E-state index is 8.88. The maximum Gasteiger partial charge on any atom is 0.234 e. The van der Waals surface area contributed by atoms with E-state index in [1.807, 2.05) is 0 Å². The molecule has 0 spiro atoms. The van der Waals surface area contributed by atoms with Crippen LogP contribution in [0.2, 0.25) is 0 Å². The molecule has 96 valence electrons. The first kappa shape index (κ1) is 17.6. The quantitative estimate of drug-likeness (QED) is 0.421. The molecule has 0 bridgehead atoms. The summed E-state index contributed by atoms with van der Waals surface area (Å²) in [4.78, 5) is 11.8. The highest BCUT2D eigenvalue weighted by Gasteiger charge is 2.13. The number of ether oxygens (including phenoxy) is 3. The van der Waals surface area contributed by atoms with E-state index in [2.05, 4.69) is 21.4 Å². The normalized spacial score (nSPS) is 16.2. The van der Waals surface area contributed by atoms with E-state index in [0.717, 1.165) is 6.61 Å². The van der Waals surface area contributed by atoms with Crippen LogP contribution in [0.25, 0.3) is 0 Å². The number of aliphatic hydroxyl groups excluding tert-OH is 1. The molecule has 0 saturated carbocycles. The number of epoxide rings is 1. The molecule has 0 aromatic heterocycles. The zero-order chi connectivity index (χ0) is 12.8. The Kier molecular flexibility index (Phi) is 15.7. The summed E-state index contributed by atoms with van der Waals surface area (Å²) in [6, 6.07) is 0. The third-order valence-corrected chi connectivity index (χ3v) is 1.31. The number of aliphatic hydroxyl groups is 1. The molecular weight excluding hydrogens is 214 g/mol. The molecule has 1 rings (SSSR count). The van der Waals surface area contributed by atoms with Crippen LogP contribution in [-0.4, -0.2) is 64.5 Å². The molecule has 0 aromatic rings. The Hall–Kier alpha value is -0.780. The highest BCUT2D eigenvalue weighted by atomic mass is 16.6. The second kappa shape index (κ2) is 14.2. The summed E-state index contributed by atoms with van der Waals surface area (Å²) in [5, 5.41) is 8.80. The van der Waals surface area contributed by atoms with E-state index in [1.165, 1.54) is 13.1 Å². The van der Waals surface area contributed by atoms with E-state index in [4.69, 9.17) is 14.6 Å². The van der Waals surface area contributed by atoms with Crippen molar-refractivity contribution in [1.82, 2.24) is 0 Å². The van der Waals surface area contributed by atoms with Gasteiger partial charge in [0.25, 0.3) is 0 Å². The second-order valence-electron chi connectivity index (χ2n) is 3.02. The van der Waals surface area contributed by atoms with Crippen LogP contribution in [0.15, 0.2) is 4.99 Å². The third kappa shape index (κ3) is 23.2. The van der Waals surface area contributed by atoms with Gasteiger partial charge in [0.2, 0.25) is 6.08 Å². The average molecular weight is 235 g/mol. The molecule has 1 N–H and O–H groups in total. The number of hydrogen-bond donors (Lipinski definition) is 1. The van der Waals surface area contributed by atoms with Gasteiger partial charge in [0.1, 0.15) is 6.10 Å². The summed E-state index contributed by atoms with van der Waals surface area (Å²) < 4.78 is 14.0. The van der Waals surface area contributed by atoms with Crippen molar-refractivity contribution in [2.45, 2.75) is 19.1 Å². The zero-order valence-electron chi connectivity index (χ0n) is 10.3. The Morgan fingerprint density at radius 3 is 1.94 bits per heavy atom. The molecular formula is C10H21NO5. The van der Waals surface area contributed by atoms with Gasteiger partial charge in [-0.05, 0) is 6.92 Å². The van der Waals surface area contributed by atoms with Crippen LogP contribution >= 0.6 is 0 Å². The van der Waals surface area contributed by atoms with E-state index in [-0.39, 0.29) is 0 Å². The van der Waals surface area contributed by atoms with Gasteiger partial charge >= 0.3 is 0 Å². The first-order valence-corrected chi connectivity index (χ1v) is 4.85. The van der Waals surface area contributed by atoms with Gasteiger partial charge in [0, 0.05) is 21.3 Å². The molecule has 1 heterocycles. The number of nitrogens with zero attached hydrogens (tertiary/aromatic N) is 1. The number of rotatable bonds is 4. The van der Waals surface area contributed by atoms with Gasteiger partial charge in [-0.1, -0.05) is 0 Å². The summed E-state index contributed by atoms with van der Waals surface area (Å²) in [5.41, 5.74) is 0. The topological polar surface area (TPSA) is 80.7 Å². The number of carbonyl (C=O) groups excluding carboxylic acids is 1. The molecule has 0 radical (unpaired) electrons. The molecule has 6 heteroatoms. The fourth-order valence-electron chi connectivity index (χ4n) is 0.529. The van der Waals surface area contributed by atoms with Gasteiger partial charge in [0.05, 0.1) is 25.9 Å². The lowest BCUT2D eigenvalue weighted by molar-refractivity contribution is 0.00980. The summed E-state index contributed by atoms with van der Waals surface area (Å²) in [6.45, 7) is 3.72. The first-order valence-electron chi connectivity index (χ1n) is 4.85. The van der Waals surface area contributed by atoms with Gasteiger partial charge in [-0.25, -0.2) is 9.79 Å². The highest BCUT2D eigenvalue weighted by Crippen LogP contribution is 2.04. The first-order chi connectivity index (χ1) is 7.62. The molecule has 1 saturated heterocycles. The molecule has 0 amide bonds. The Balaban J connectivity index is 0. The Morgan fingerprint density at radius 1 is 1.50 bits per heavy atom. The minimum absolute atomic E-state index is 0.341. The zero-order valence-corrected chi connectivity index (χ0v) is 10.3. The molecule has 1 unspecified atom stereocenters. The molecule has 1 fully saturated rings. The van der Waals surface area contributed by atoms with Crippen LogP contribution in [-0.2, 0) is 19.0 Å². The van der Waals surface area contributed by atoms with Crippen molar-refractivity contribution in [2.24, 2.45) is 4.99 Å². The number of hydrogen-bond acceptors (Lipinski definition) is 6. The number of isocyanates is 1. The van der Waals surface area contributed by atoms with Crippen LogP contribution in [0.3, 0.4) is 0 Å². The Morgan fingerprint density at radius 2 is 1.81 bits per heavy atom. The lowest BCUT2D eigenvalue weighted by Gasteiger charge is -2.05. The summed E-state index contributed by atoms with van der Waals surface area (Å²) >= 11 is 0. The predicted octanol–water partition coefficient (Wildman–Crippen LogP) is -0.00280. The second-order valence-corrected chi connectivity index (χ2v) is 3.02. The molecule has 16 heavy (non-hydrogen) atoms. The fraction of sp³-hybridized carbons (Fsp3) is 0.900. The third-order valence-electron chi connectivity index (χ3n) is 1.31. The number of methoxy groups -OCH3 is 2. The molecule has 0 aliphatic carbocycles. The molecule has 1 atom stereocenters. The Labute approximate surface area is 96.2 Å². The minimum Gasteiger partial charge on any atom is -0.388 e. The van der Waals surface area contributed by atoms with Crippen molar-refractivity contribution in [3.8, 4) is 0 Å². The van der Waals surface area contributed by atoms with Gasteiger partial charge in [-0.2, -0.15) is 0 Å². The molecule has 0 aromatic carbocycles. The van der Waals surface area contributed by atoms with Crippen molar-refractivity contribution in [1.29, 1.82) is 0 Å². The van der Waals surface area contributed by atoms with Crippen LogP contribution < -0.4 is 0 Å². The largest absolute Gasteiger partial charge is 0.388 e. The van der Waals surface area contributed by atoms with Crippen molar-refractivity contribution < 1.29 is 24.1 Å². The smallest absolute Gasteiger partial charge is 0.234 e. The van der Waals surface area contributed by atoms with Gasteiger partial charge in [-0.15, -0.1) is 0 Å². The average Bonchev–Trinajstić information content (AvgIpc) is 3.03. The van der Waals surface area contributed by atoms with Gasteiger partial charge < -0.3 is 19.3 Å². The standard InChI is InChI=1S/C5H12O3.C3H6O.C2H3NO/c1-7-3-5(6)4-8-2;1-3-2-4-3;1-3-2-4/h5-6H,3-4H2,1-2H3;3H,2H2,1H3;1H3. The predicted molar refractivity (Wildman–Crippen MR) is 59.2 cm³/mol. The summed E-state index contributed by atoms with van der Waals surface area (Å²) in [5.74, 6) is 0. The van der Waals surface area contributed by atoms with Crippen LogP contribution in [0.4, 0.5) is 0 Å². The molecule has 1 aliphatic heterocycles. The Bertz CT molecular complexity index is 172. The van der Waals surface area contributed by atoms with E-state index in [9.17, 15) is 0 Å². The van der Waals surface area contributed by atoms with E-state index >= 15 is 0 Å². The monoisotopic (exact) mass is 235 g/mol. The van der Waals surface area contributed by atoms with Gasteiger partial charge in [0.15, 0.2) is 0 Å². The minimum atomic E-state index is -0.481. The lowest BCUT2D eigenvalue weighted by atomic mass is 10.4. The summed E-state index contributed by atoms with van der Waals surface area (Å²) in [6.07, 6.45) is 1.41. The summed E-state index contributed by atoms with van der Waals surface area (Å²) in [7, 11) is 4.46. The van der Waals surface area contributed by atoms with Crippen LogP contribution in [0, 0.1) is 0 Å². The van der Waals surface area contributed by atoms with Gasteiger partial charge in [-0.3, -0.25) is 0 Å². The fourth-order valence-corrected chi connectivity index (χ4v) is 0.529. The van der Waals surface area contributed by atoms with Crippen molar-refractivity contribution >= 4 is 6.08 Å². The van der Waals surface area contributed by atoms with Crippen molar-refractivity contribution in [3.63, 3.8) is 0 Å². The molecule has 6 nitrogen and oxygen atoms in total. The SMILES string of the molecule is CC1CO1.CN=C=O.COCC(O)COC. The highest BCUT2D eigenvalue weighted by molar-refractivity contribution is 5.32. The van der Waals surface area contributed by atoms with Crippen molar-refractivity contribution in [3.05, 3.63) is 0 Å². The van der Waals surface area contributed by atoms with Crippen molar-refractivity contribution in [2.75, 3.05) is 41.1 Å². The maximum absolute atomic E-state index is 8.88. The van der Waals surface area contributed by atoms with E-state index in [0.29, 0.717) is 19.3 Å². The van der Waals surface area contributed by atoms with E-state index < -0.39 is 6.10 Å². The van der Waals surface area contributed by atoms with Crippen LogP contribution in [0.1, 0.15) is 6.92 Å². The number of aliphatic imine (C=N–C) groups is 1. The molecule has 1 aliphatic rings. The van der Waals surface area contributed by atoms with E-state index in [1.54, 1.807) is 14.2 Å².